The molecule has 0 unspecified atom stereocenters. The molecule has 1 heterocycles. The van der Waals surface area contributed by atoms with E-state index in [1.165, 1.54) is 28.4 Å². The molecule has 1 saturated heterocycles. The summed E-state index contributed by atoms with van der Waals surface area (Å²) in [6, 6.07) is 0. The highest BCUT2D eigenvalue weighted by Gasteiger charge is 2.50. The zero-order valence-electron chi connectivity index (χ0n) is 17.6. The molecule has 0 radical (unpaired) electrons. The van der Waals surface area contributed by atoms with Gasteiger partial charge in [0, 0.05) is 61.2 Å². The Hall–Kier alpha value is 0.140. The summed E-state index contributed by atoms with van der Waals surface area (Å²) < 4.78 is 46.8. The first-order valence-corrected chi connectivity index (χ1v) is 12.9. The summed E-state index contributed by atoms with van der Waals surface area (Å²) in [5.74, 6) is 0. The highest BCUT2D eigenvalue weighted by molar-refractivity contribution is 7.72. The van der Waals surface area contributed by atoms with E-state index in [4.69, 9.17) is 18.1 Å². The average molecular weight is 444 g/mol. The molecule has 3 N–H and O–H groups in total. The highest BCUT2D eigenvalue weighted by Crippen LogP contribution is 2.69. The van der Waals surface area contributed by atoms with E-state index in [0.717, 1.165) is 58.7 Å². The van der Waals surface area contributed by atoms with Crippen LogP contribution in [0.4, 0.5) is 0 Å². The Morgan fingerprint density at radius 3 is 1.68 bits per heavy atom. The van der Waals surface area contributed by atoms with E-state index in [1.54, 1.807) is 0 Å². The summed E-state index contributed by atoms with van der Waals surface area (Å²) in [5.41, 5.74) is 0. The van der Waals surface area contributed by atoms with Crippen LogP contribution in [0.2, 0.25) is 0 Å². The minimum atomic E-state index is -3.68. The summed E-state index contributed by atoms with van der Waals surface area (Å²) in [4.78, 5) is 2.11. The molecular formula is C16H38N4O6P2. The summed E-state index contributed by atoms with van der Waals surface area (Å²) in [6.45, 7) is 7.09. The Balaban J connectivity index is 2.90. The van der Waals surface area contributed by atoms with Gasteiger partial charge in [0.15, 0.2) is 5.40 Å². The second-order valence-electron chi connectivity index (χ2n) is 6.55. The molecule has 1 fully saturated rings. The molecule has 1 rings (SSSR count). The predicted molar refractivity (Wildman–Crippen MR) is 111 cm³/mol. The van der Waals surface area contributed by atoms with E-state index in [1.807, 2.05) is 0 Å². The predicted octanol–water partition coefficient (Wildman–Crippen LogP) is 1.15. The lowest BCUT2D eigenvalue weighted by atomic mass is 10.3. The van der Waals surface area contributed by atoms with Crippen LogP contribution in [0.5, 0.6) is 0 Å². The lowest BCUT2D eigenvalue weighted by molar-refractivity contribution is 0.218. The zero-order valence-corrected chi connectivity index (χ0v) is 19.4. The normalized spacial score (nSPS) is 20.2. The third kappa shape index (κ3) is 8.48. The summed E-state index contributed by atoms with van der Waals surface area (Å²) in [6.07, 6.45) is 1.95. The van der Waals surface area contributed by atoms with E-state index in [-0.39, 0.29) is 6.54 Å². The molecule has 0 spiro atoms. The van der Waals surface area contributed by atoms with Crippen LogP contribution in [-0.2, 0) is 27.2 Å². The summed E-state index contributed by atoms with van der Waals surface area (Å²) >= 11 is 0. The first kappa shape index (κ1) is 26.2. The molecule has 0 atom stereocenters. The van der Waals surface area contributed by atoms with Crippen molar-refractivity contribution in [2.45, 2.75) is 18.2 Å². The first-order chi connectivity index (χ1) is 13.5. The van der Waals surface area contributed by atoms with Crippen LogP contribution in [0, 0.1) is 0 Å². The lowest BCUT2D eigenvalue weighted by Gasteiger charge is -2.33. The van der Waals surface area contributed by atoms with Gasteiger partial charge in [-0.3, -0.25) is 9.13 Å². The van der Waals surface area contributed by atoms with Gasteiger partial charge in [-0.2, -0.15) is 0 Å². The first-order valence-electron chi connectivity index (χ1n) is 9.72. The van der Waals surface area contributed by atoms with E-state index in [2.05, 4.69) is 20.9 Å². The monoisotopic (exact) mass is 444 g/mol. The van der Waals surface area contributed by atoms with Gasteiger partial charge in [0.1, 0.15) is 0 Å². The van der Waals surface area contributed by atoms with Crippen molar-refractivity contribution < 1.29 is 27.2 Å². The minimum Gasteiger partial charge on any atom is -0.315 e. The largest absolute Gasteiger partial charge is 0.346 e. The van der Waals surface area contributed by atoms with E-state index >= 15 is 0 Å². The Bertz CT molecular complexity index is 458. The number of nitrogens with one attached hydrogen (secondary N) is 3. The number of rotatable bonds is 8. The van der Waals surface area contributed by atoms with Crippen LogP contribution >= 0.6 is 15.2 Å². The van der Waals surface area contributed by atoms with Gasteiger partial charge in [-0.1, -0.05) is 0 Å². The van der Waals surface area contributed by atoms with Crippen molar-refractivity contribution in [2.24, 2.45) is 0 Å². The van der Waals surface area contributed by atoms with Crippen molar-refractivity contribution in [3.63, 3.8) is 0 Å². The number of nitrogens with zero attached hydrogens (tertiary/aromatic N) is 1. The smallest absolute Gasteiger partial charge is 0.315 e. The molecule has 1 aliphatic heterocycles. The topological polar surface area (TPSA) is 110 Å². The fourth-order valence-corrected chi connectivity index (χ4v) is 7.74. The van der Waals surface area contributed by atoms with Gasteiger partial charge in [-0.25, -0.2) is 0 Å². The van der Waals surface area contributed by atoms with Crippen LogP contribution in [0.3, 0.4) is 0 Å². The molecular weight excluding hydrogens is 406 g/mol. The fourth-order valence-electron chi connectivity index (χ4n) is 3.09. The maximum atomic E-state index is 13.1. The van der Waals surface area contributed by atoms with E-state index < -0.39 is 20.6 Å². The molecule has 0 saturated carbocycles. The third-order valence-corrected chi connectivity index (χ3v) is 10.3. The summed E-state index contributed by atoms with van der Waals surface area (Å²) in [5, 5.41) is 9.20. The number of hydrogen-bond acceptors (Lipinski definition) is 10. The van der Waals surface area contributed by atoms with Gasteiger partial charge in [0.25, 0.3) is 0 Å². The van der Waals surface area contributed by atoms with E-state index in [0.29, 0.717) is 6.54 Å². The molecule has 0 amide bonds. The van der Waals surface area contributed by atoms with Crippen LogP contribution in [0.15, 0.2) is 0 Å². The molecule has 168 valence electrons. The van der Waals surface area contributed by atoms with Crippen molar-refractivity contribution in [3.8, 4) is 0 Å². The fraction of sp³-hybridized carbons (Fsp3) is 1.00. The Morgan fingerprint density at radius 2 is 1.18 bits per heavy atom. The molecule has 0 bridgehead atoms. The van der Waals surface area contributed by atoms with Gasteiger partial charge in [-0.05, 0) is 39.0 Å². The molecule has 1 aliphatic rings. The molecule has 0 aliphatic carbocycles. The van der Waals surface area contributed by atoms with Crippen LogP contribution in [0.1, 0.15) is 12.8 Å². The molecule has 0 aromatic heterocycles. The third-order valence-electron chi connectivity index (χ3n) is 4.79. The van der Waals surface area contributed by atoms with Crippen LogP contribution < -0.4 is 16.0 Å². The lowest BCUT2D eigenvalue weighted by Crippen LogP contribution is -2.40. The Kier molecular flexibility index (Phi) is 13.3. The zero-order chi connectivity index (χ0) is 20.9. The van der Waals surface area contributed by atoms with Crippen LogP contribution in [-0.4, -0.2) is 97.6 Å². The summed E-state index contributed by atoms with van der Waals surface area (Å²) in [7, 11) is -2.22. The average Bonchev–Trinajstić information content (AvgIpc) is 2.73. The molecule has 12 heteroatoms. The minimum absolute atomic E-state index is 0.223. The second-order valence-corrected chi connectivity index (χ2v) is 11.8. The standard InChI is InChI=1S/C16H38N4O6P2/c1-23-27(21,24-2)16(28(22,25-3)26-4)15-20-13-6-9-18-11-10-17-7-5-8-19-12-14-20/h16-19H,5-15H2,1-4H3. The second kappa shape index (κ2) is 14.2. The molecule has 0 aromatic carbocycles. The maximum absolute atomic E-state index is 13.1. The van der Waals surface area contributed by atoms with Crippen molar-refractivity contribution in [3.05, 3.63) is 0 Å². The molecule has 28 heavy (non-hydrogen) atoms. The van der Waals surface area contributed by atoms with Crippen molar-refractivity contribution in [1.29, 1.82) is 0 Å². The molecule has 0 aromatic rings. The Labute approximate surface area is 169 Å². The highest BCUT2D eigenvalue weighted by atomic mass is 31.2. The van der Waals surface area contributed by atoms with Gasteiger partial charge in [-0.15, -0.1) is 0 Å². The molecule has 10 nitrogen and oxygen atoms in total. The maximum Gasteiger partial charge on any atom is 0.346 e. The quantitative estimate of drug-likeness (QED) is 0.472. The SMILES string of the molecule is COP(=O)(OC)C(CN1CCCNCCNCCCNCC1)P(=O)(OC)OC. The van der Waals surface area contributed by atoms with Crippen LogP contribution in [0.25, 0.3) is 0 Å². The van der Waals surface area contributed by atoms with Crippen molar-refractivity contribution >= 4 is 15.2 Å². The van der Waals surface area contributed by atoms with Crippen molar-refractivity contribution in [1.82, 2.24) is 20.9 Å². The number of hydrogen-bond donors (Lipinski definition) is 3. The van der Waals surface area contributed by atoms with E-state index in [9.17, 15) is 9.13 Å². The van der Waals surface area contributed by atoms with Gasteiger partial charge in [0.05, 0.1) is 0 Å². The van der Waals surface area contributed by atoms with Gasteiger partial charge < -0.3 is 38.9 Å². The Morgan fingerprint density at radius 1 is 0.714 bits per heavy atom. The van der Waals surface area contributed by atoms with Gasteiger partial charge in [0.2, 0.25) is 0 Å². The van der Waals surface area contributed by atoms with Crippen molar-refractivity contribution in [2.75, 3.05) is 87.3 Å². The van der Waals surface area contributed by atoms with Gasteiger partial charge >= 0.3 is 15.2 Å².